The maximum Gasteiger partial charge on any atom is 0.263 e. The number of rotatable bonds is 9. The summed E-state index contributed by atoms with van der Waals surface area (Å²) >= 11 is 0. The Morgan fingerprint density at radius 1 is 1.14 bits per heavy atom. The minimum absolute atomic E-state index is 0.0618. The van der Waals surface area contributed by atoms with E-state index in [2.05, 4.69) is 29.7 Å². The van der Waals surface area contributed by atoms with Crippen molar-refractivity contribution in [2.24, 2.45) is 0 Å². The van der Waals surface area contributed by atoms with Crippen LogP contribution < -0.4 is 15.4 Å². The van der Waals surface area contributed by atoms with Crippen molar-refractivity contribution in [3.8, 4) is 11.8 Å². The Labute approximate surface area is 167 Å². The zero-order valence-corrected chi connectivity index (χ0v) is 16.7. The fourth-order valence-electron chi connectivity index (χ4n) is 2.73. The molecule has 146 valence electrons. The molecule has 0 aliphatic heterocycles. The zero-order valence-electron chi connectivity index (χ0n) is 16.7. The molecule has 2 aromatic rings. The van der Waals surface area contributed by atoms with Crippen LogP contribution in [-0.4, -0.2) is 19.6 Å². The summed E-state index contributed by atoms with van der Waals surface area (Å²) in [4.78, 5) is 12.4. The van der Waals surface area contributed by atoms with Crippen LogP contribution in [0.5, 0.6) is 5.75 Å². The Morgan fingerprint density at radius 2 is 1.79 bits per heavy atom. The van der Waals surface area contributed by atoms with Crippen LogP contribution in [0.25, 0.3) is 0 Å². The minimum atomic E-state index is -0.383. The van der Waals surface area contributed by atoms with E-state index in [1.165, 1.54) is 11.8 Å². The number of hydrogen-bond donors (Lipinski definition) is 2. The molecule has 0 spiro atoms. The molecule has 0 aliphatic rings. The third-order valence-electron chi connectivity index (χ3n) is 4.56. The fourth-order valence-corrected chi connectivity index (χ4v) is 2.73. The van der Waals surface area contributed by atoms with Crippen molar-refractivity contribution in [1.29, 1.82) is 5.26 Å². The van der Waals surface area contributed by atoms with E-state index in [1.54, 1.807) is 7.11 Å². The second-order valence-electron chi connectivity index (χ2n) is 6.51. The van der Waals surface area contributed by atoms with Crippen molar-refractivity contribution in [1.82, 2.24) is 10.6 Å². The van der Waals surface area contributed by atoms with Crippen molar-refractivity contribution in [2.75, 3.05) is 13.7 Å². The first-order valence-corrected chi connectivity index (χ1v) is 9.43. The quantitative estimate of drug-likeness (QED) is 0.397. The smallest absolute Gasteiger partial charge is 0.263 e. The summed E-state index contributed by atoms with van der Waals surface area (Å²) in [6, 6.07) is 17.7. The maximum absolute atomic E-state index is 12.4. The largest absolute Gasteiger partial charge is 0.497 e. The maximum atomic E-state index is 12.4. The van der Waals surface area contributed by atoms with Crippen LogP contribution in [0.15, 0.2) is 60.3 Å². The van der Waals surface area contributed by atoms with Gasteiger partial charge in [0, 0.05) is 12.7 Å². The van der Waals surface area contributed by atoms with Crippen molar-refractivity contribution in [3.63, 3.8) is 0 Å². The summed E-state index contributed by atoms with van der Waals surface area (Å²) in [5.74, 6) is 0.435. The van der Waals surface area contributed by atoms with E-state index < -0.39 is 0 Å². The number of carbonyl (C=O) groups excluding carboxylic acids is 1. The van der Waals surface area contributed by atoms with E-state index in [0.717, 1.165) is 29.7 Å². The molecular formula is C23H27N3O2. The number of nitrogens with one attached hydrogen (secondary N) is 2. The van der Waals surface area contributed by atoms with Crippen LogP contribution in [0.1, 0.15) is 36.6 Å². The summed E-state index contributed by atoms with van der Waals surface area (Å²) in [6.45, 7) is 4.63. The second-order valence-corrected chi connectivity index (χ2v) is 6.51. The number of carbonyl (C=O) groups is 1. The molecule has 2 N–H and O–H groups in total. The van der Waals surface area contributed by atoms with Crippen LogP contribution in [0, 0.1) is 11.3 Å². The van der Waals surface area contributed by atoms with E-state index >= 15 is 0 Å². The van der Waals surface area contributed by atoms with Crippen LogP contribution in [0.4, 0.5) is 0 Å². The van der Waals surface area contributed by atoms with Gasteiger partial charge in [-0.3, -0.25) is 4.79 Å². The number of benzene rings is 2. The van der Waals surface area contributed by atoms with E-state index in [-0.39, 0.29) is 17.5 Å². The third kappa shape index (κ3) is 6.17. The molecule has 0 saturated carbocycles. The molecule has 2 rings (SSSR count). The van der Waals surface area contributed by atoms with Gasteiger partial charge in [0.15, 0.2) is 0 Å². The van der Waals surface area contributed by atoms with Gasteiger partial charge in [0.2, 0.25) is 0 Å². The average Bonchev–Trinajstić information content (AvgIpc) is 2.74. The number of aryl methyl sites for hydroxylation is 1. The zero-order chi connectivity index (χ0) is 20.4. The lowest BCUT2D eigenvalue weighted by Gasteiger charge is -2.14. The summed E-state index contributed by atoms with van der Waals surface area (Å²) < 4.78 is 5.14. The third-order valence-corrected chi connectivity index (χ3v) is 4.56. The molecule has 0 aliphatic carbocycles. The lowest BCUT2D eigenvalue weighted by Crippen LogP contribution is -2.28. The normalized spacial score (nSPS) is 12.0. The molecule has 0 heterocycles. The molecule has 5 nitrogen and oxygen atoms in total. The van der Waals surface area contributed by atoms with Crippen LogP contribution in [-0.2, 0) is 17.6 Å². The van der Waals surface area contributed by atoms with Gasteiger partial charge < -0.3 is 15.4 Å². The SMILES string of the molecule is CCc1ccc(C(C)NC(=O)/C(C#N)=C\NCCc2ccc(OC)cc2)cc1. The molecular weight excluding hydrogens is 350 g/mol. The molecule has 0 radical (unpaired) electrons. The van der Waals surface area contributed by atoms with Crippen molar-refractivity contribution < 1.29 is 9.53 Å². The number of nitriles is 1. The molecule has 0 aromatic heterocycles. The molecule has 1 amide bonds. The van der Waals surface area contributed by atoms with Crippen LogP contribution in [0.3, 0.4) is 0 Å². The highest BCUT2D eigenvalue weighted by atomic mass is 16.5. The van der Waals surface area contributed by atoms with Crippen molar-refractivity contribution >= 4 is 5.91 Å². The van der Waals surface area contributed by atoms with Crippen LogP contribution >= 0.6 is 0 Å². The minimum Gasteiger partial charge on any atom is -0.497 e. The molecule has 2 aromatic carbocycles. The summed E-state index contributed by atoms with van der Waals surface area (Å²) in [6.07, 6.45) is 3.23. The molecule has 1 atom stereocenters. The van der Waals surface area contributed by atoms with Gasteiger partial charge >= 0.3 is 0 Å². The fraction of sp³-hybridized carbons (Fsp3) is 0.304. The van der Waals surface area contributed by atoms with E-state index in [0.29, 0.717) is 6.54 Å². The lowest BCUT2D eigenvalue weighted by molar-refractivity contribution is -0.117. The lowest BCUT2D eigenvalue weighted by atomic mass is 10.0. The Kier molecular flexibility index (Phi) is 8.11. The van der Waals surface area contributed by atoms with Crippen molar-refractivity contribution in [3.05, 3.63) is 77.0 Å². The molecule has 0 bridgehead atoms. The standard InChI is InChI=1S/C23H27N3O2/c1-4-18-5-9-20(10-6-18)17(2)26-23(27)21(15-24)16-25-14-13-19-7-11-22(28-3)12-8-19/h5-12,16-17,25H,4,13-14H2,1-3H3,(H,26,27)/b21-16-. The average molecular weight is 377 g/mol. The summed E-state index contributed by atoms with van der Waals surface area (Å²) in [7, 11) is 1.64. The molecule has 0 saturated heterocycles. The monoisotopic (exact) mass is 377 g/mol. The van der Waals surface area contributed by atoms with Gasteiger partial charge in [-0.25, -0.2) is 0 Å². The first-order valence-electron chi connectivity index (χ1n) is 9.43. The molecule has 1 unspecified atom stereocenters. The van der Waals surface area contributed by atoms with E-state index in [9.17, 15) is 10.1 Å². The van der Waals surface area contributed by atoms with Gasteiger partial charge in [-0.2, -0.15) is 5.26 Å². The molecule has 0 fully saturated rings. The van der Waals surface area contributed by atoms with Gasteiger partial charge in [-0.1, -0.05) is 43.3 Å². The Balaban J connectivity index is 1.86. The predicted molar refractivity (Wildman–Crippen MR) is 111 cm³/mol. The van der Waals surface area contributed by atoms with Crippen LogP contribution in [0.2, 0.25) is 0 Å². The topological polar surface area (TPSA) is 74.2 Å². The first-order chi connectivity index (χ1) is 13.6. The summed E-state index contributed by atoms with van der Waals surface area (Å²) in [5.41, 5.74) is 3.47. The van der Waals surface area contributed by atoms with Gasteiger partial charge in [0.1, 0.15) is 17.4 Å². The van der Waals surface area contributed by atoms with Gasteiger partial charge in [0.05, 0.1) is 13.2 Å². The Hall–Kier alpha value is -3.26. The van der Waals surface area contributed by atoms with E-state index in [4.69, 9.17) is 4.74 Å². The highest BCUT2D eigenvalue weighted by Crippen LogP contribution is 2.14. The van der Waals surface area contributed by atoms with Crippen molar-refractivity contribution in [2.45, 2.75) is 32.7 Å². The first kappa shape index (κ1) is 21.0. The molecule has 28 heavy (non-hydrogen) atoms. The highest BCUT2D eigenvalue weighted by Gasteiger charge is 2.13. The highest BCUT2D eigenvalue weighted by molar-refractivity contribution is 5.97. The molecule has 5 heteroatoms. The Bertz CT molecular complexity index is 834. The number of amides is 1. The second kappa shape index (κ2) is 10.8. The van der Waals surface area contributed by atoms with Gasteiger partial charge in [-0.15, -0.1) is 0 Å². The predicted octanol–water partition coefficient (Wildman–Crippen LogP) is 3.67. The number of hydrogen-bond acceptors (Lipinski definition) is 4. The Morgan fingerprint density at radius 3 is 2.36 bits per heavy atom. The number of ether oxygens (including phenoxy) is 1. The van der Waals surface area contributed by atoms with Gasteiger partial charge in [-0.05, 0) is 48.6 Å². The summed E-state index contributed by atoms with van der Waals surface area (Å²) in [5, 5.41) is 15.2. The number of nitrogens with zero attached hydrogens (tertiary/aromatic N) is 1. The number of methoxy groups -OCH3 is 1. The van der Waals surface area contributed by atoms with E-state index in [1.807, 2.05) is 49.4 Å². The van der Waals surface area contributed by atoms with Gasteiger partial charge in [0.25, 0.3) is 5.91 Å².